The molecule has 0 saturated carbocycles. The van der Waals surface area contributed by atoms with E-state index >= 15 is 0 Å². The minimum atomic E-state index is 0.577. The SMILES string of the molecule is CC1=CN=CC=C(C2=CCC(C)C=N2)CC1. The Labute approximate surface area is 97.2 Å². The largest absolute Gasteiger partial charge is 0.265 e. The molecule has 2 aliphatic heterocycles. The summed E-state index contributed by atoms with van der Waals surface area (Å²) in [4.78, 5) is 8.75. The lowest BCUT2D eigenvalue weighted by molar-refractivity contribution is 0.781. The van der Waals surface area contributed by atoms with E-state index in [0.29, 0.717) is 5.92 Å². The molecule has 1 atom stereocenters. The van der Waals surface area contributed by atoms with Crippen LogP contribution in [0.1, 0.15) is 33.1 Å². The zero-order valence-corrected chi connectivity index (χ0v) is 9.98. The van der Waals surface area contributed by atoms with Gasteiger partial charge in [-0.25, -0.2) is 0 Å². The number of hydrogen-bond donors (Lipinski definition) is 0. The molecule has 0 amide bonds. The smallest absolute Gasteiger partial charge is 0.0618 e. The van der Waals surface area contributed by atoms with Gasteiger partial charge in [0.15, 0.2) is 0 Å². The Morgan fingerprint density at radius 3 is 2.94 bits per heavy atom. The van der Waals surface area contributed by atoms with Crippen LogP contribution in [0.15, 0.2) is 45.2 Å². The van der Waals surface area contributed by atoms with Gasteiger partial charge in [-0.2, -0.15) is 0 Å². The normalized spacial score (nSPS) is 25.4. The van der Waals surface area contributed by atoms with Crippen LogP contribution < -0.4 is 0 Å². The molecule has 84 valence electrons. The molecule has 0 fully saturated rings. The molecule has 0 aromatic rings. The summed E-state index contributed by atoms with van der Waals surface area (Å²) in [6, 6.07) is 0. The molecule has 0 aliphatic carbocycles. The monoisotopic (exact) mass is 214 g/mol. The van der Waals surface area contributed by atoms with E-state index in [0.717, 1.165) is 25.0 Å². The number of rotatable bonds is 1. The topological polar surface area (TPSA) is 24.7 Å². The summed E-state index contributed by atoms with van der Waals surface area (Å²) < 4.78 is 0. The van der Waals surface area contributed by atoms with Crippen LogP contribution in [0, 0.1) is 5.92 Å². The van der Waals surface area contributed by atoms with Gasteiger partial charge in [0.25, 0.3) is 0 Å². The number of nitrogens with zero attached hydrogens (tertiary/aromatic N) is 2. The third-order valence-corrected chi connectivity index (χ3v) is 2.93. The first-order valence-electron chi connectivity index (χ1n) is 5.88. The highest BCUT2D eigenvalue weighted by molar-refractivity contribution is 5.75. The van der Waals surface area contributed by atoms with E-state index in [4.69, 9.17) is 0 Å². The first-order chi connectivity index (χ1) is 7.75. The van der Waals surface area contributed by atoms with E-state index < -0.39 is 0 Å². The van der Waals surface area contributed by atoms with E-state index in [2.05, 4.69) is 42.2 Å². The van der Waals surface area contributed by atoms with Crippen molar-refractivity contribution in [3.8, 4) is 0 Å². The van der Waals surface area contributed by atoms with Gasteiger partial charge in [0.1, 0.15) is 0 Å². The van der Waals surface area contributed by atoms with Gasteiger partial charge in [-0.1, -0.05) is 18.6 Å². The predicted molar refractivity (Wildman–Crippen MR) is 69.9 cm³/mol. The summed E-state index contributed by atoms with van der Waals surface area (Å²) >= 11 is 0. The van der Waals surface area contributed by atoms with E-state index in [9.17, 15) is 0 Å². The Kier molecular flexibility index (Phi) is 3.50. The van der Waals surface area contributed by atoms with Crippen molar-refractivity contribution in [2.45, 2.75) is 33.1 Å². The standard InChI is InChI=1S/C14H18N2/c1-11-3-5-13(7-8-15-9-11)14-6-4-12(2)10-16-14/h6-10,12H,3-5H2,1-2H3. The van der Waals surface area contributed by atoms with Crippen molar-refractivity contribution in [2.75, 3.05) is 0 Å². The van der Waals surface area contributed by atoms with Gasteiger partial charge < -0.3 is 0 Å². The maximum Gasteiger partial charge on any atom is 0.0618 e. The van der Waals surface area contributed by atoms with Crippen molar-refractivity contribution < 1.29 is 0 Å². The fourth-order valence-corrected chi connectivity index (χ4v) is 1.83. The fraction of sp³-hybridized carbons (Fsp3) is 0.429. The fourth-order valence-electron chi connectivity index (χ4n) is 1.83. The summed E-state index contributed by atoms with van der Waals surface area (Å²) in [6.07, 6.45) is 13.4. The molecule has 0 spiro atoms. The number of allylic oxidation sites excluding steroid dienone is 4. The van der Waals surface area contributed by atoms with Gasteiger partial charge in [0.05, 0.1) is 5.70 Å². The maximum absolute atomic E-state index is 4.52. The summed E-state index contributed by atoms with van der Waals surface area (Å²) in [5.41, 5.74) is 3.77. The summed E-state index contributed by atoms with van der Waals surface area (Å²) in [7, 11) is 0. The summed E-state index contributed by atoms with van der Waals surface area (Å²) in [6.45, 7) is 4.32. The van der Waals surface area contributed by atoms with Gasteiger partial charge in [-0.3, -0.25) is 9.98 Å². The zero-order valence-electron chi connectivity index (χ0n) is 9.98. The molecule has 0 radical (unpaired) electrons. The van der Waals surface area contributed by atoms with Crippen molar-refractivity contribution in [3.05, 3.63) is 35.2 Å². The van der Waals surface area contributed by atoms with E-state index in [-0.39, 0.29) is 0 Å². The summed E-state index contributed by atoms with van der Waals surface area (Å²) in [5, 5.41) is 0. The van der Waals surface area contributed by atoms with Gasteiger partial charge in [0.2, 0.25) is 0 Å². The summed E-state index contributed by atoms with van der Waals surface area (Å²) in [5.74, 6) is 0.577. The molecule has 1 unspecified atom stereocenters. The lowest BCUT2D eigenvalue weighted by atomic mass is 9.98. The Morgan fingerprint density at radius 2 is 2.19 bits per heavy atom. The molecule has 0 bridgehead atoms. The van der Waals surface area contributed by atoms with Crippen LogP contribution in [0.3, 0.4) is 0 Å². The van der Waals surface area contributed by atoms with E-state index in [1.165, 1.54) is 11.1 Å². The van der Waals surface area contributed by atoms with Gasteiger partial charge >= 0.3 is 0 Å². The Balaban J connectivity index is 2.14. The Bertz CT molecular complexity index is 408. The van der Waals surface area contributed by atoms with Crippen LogP contribution in [-0.2, 0) is 0 Å². The lowest BCUT2D eigenvalue weighted by Crippen LogP contribution is -2.02. The van der Waals surface area contributed by atoms with Crippen LogP contribution in [0.2, 0.25) is 0 Å². The van der Waals surface area contributed by atoms with Gasteiger partial charge in [-0.15, -0.1) is 0 Å². The minimum Gasteiger partial charge on any atom is -0.265 e. The van der Waals surface area contributed by atoms with Crippen molar-refractivity contribution in [3.63, 3.8) is 0 Å². The molecular weight excluding hydrogens is 196 g/mol. The Morgan fingerprint density at radius 1 is 1.31 bits per heavy atom. The molecule has 0 aromatic carbocycles. The molecular formula is C14H18N2. The second-order valence-corrected chi connectivity index (χ2v) is 4.55. The Hall–Kier alpha value is -1.44. The second-order valence-electron chi connectivity index (χ2n) is 4.55. The maximum atomic E-state index is 4.52. The molecule has 2 heteroatoms. The van der Waals surface area contributed by atoms with Crippen molar-refractivity contribution in [1.29, 1.82) is 0 Å². The van der Waals surface area contributed by atoms with Gasteiger partial charge in [0, 0.05) is 18.6 Å². The first kappa shape index (κ1) is 11.1. The van der Waals surface area contributed by atoms with Crippen LogP contribution >= 0.6 is 0 Å². The molecule has 2 rings (SSSR count). The average Bonchev–Trinajstić information content (AvgIpc) is 2.26. The number of hydrogen-bond acceptors (Lipinski definition) is 2. The third-order valence-electron chi connectivity index (χ3n) is 2.93. The zero-order chi connectivity index (χ0) is 11.4. The molecule has 2 nitrogen and oxygen atoms in total. The van der Waals surface area contributed by atoms with Crippen molar-refractivity contribution >= 4 is 12.4 Å². The molecule has 0 N–H and O–H groups in total. The van der Waals surface area contributed by atoms with Crippen LogP contribution in [0.4, 0.5) is 0 Å². The highest BCUT2D eigenvalue weighted by Crippen LogP contribution is 2.24. The average molecular weight is 214 g/mol. The predicted octanol–water partition coefficient (Wildman–Crippen LogP) is 3.68. The van der Waals surface area contributed by atoms with Crippen molar-refractivity contribution in [2.24, 2.45) is 15.9 Å². The first-order valence-corrected chi connectivity index (χ1v) is 5.88. The molecule has 0 saturated heterocycles. The second kappa shape index (κ2) is 5.06. The molecule has 0 aromatic heterocycles. The van der Waals surface area contributed by atoms with Crippen LogP contribution in [-0.4, -0.2) is 12.4 Å². The minimum absolute atomic E-state index is 0.577. The lowest BCUT2D eigenvalue weighted by Gasteiger charge is -2.14. The third kappa shape index (κ3) is 2.78. The van der Waals surface area contributed by atoms with Crippen LogP contribution in [0.25, 0.3) is 0 Å². The highest BCUT2D eigenvalue weighted by atomic mass is 14.8. The van der Waals surface area contributed by atoms with Gasteiger partial charge in [-0.05, 0) is 43.8 Å². The van der Waals surface area contributed by atoms with Crippen LogP contribution in [0.5, 0.6) is 0 Å². The molecule has 2 heterocycles. The van der Waals surface area contributed by atoms with Crippen molar-refractivity contribution in [1.82, 2.24) is 0 Å². The molecule has 2 aliphatic rings. The van der Waals surface area contributed by atoms with E-state index in [1.54, 1.807) is 0 Å². The quantitative estimate of drug-likeness (QED) is 0.636. The highest BCUT2D eigenvalue weighted by Gasteiger charge is 2.09. The van der Waals surface area contributed by atoms with E-state index in [1.807, 2.05) is 12.4 Å². The molecule has 16 heavy (non-hydrogen) atoms. The number of aliphatic imine (C=N–C) groups is 2.